The molecule has 11 rings (SSSR count). The van der Waals surface area contributed by atoms with Gasteiger partial charge in [-0.1, -0.05) is 176 Å². The van der Waals surface area contributed by atoms with Gasteiger partial charge in [0.2, 0.25) is 0 Å². The van der Waals surface area contributed by atoms with Gasteiger partial charge in [-0.3, -0.25) is 0 Å². The summed E-state index contributed by atoms with van der Waals surface area (Å²) in [6.45, 7) is 0. The topological polar surface area (TPSA) is 90.5 Å². The number of hydrogen-bond donors (Lipinski definition) is 0. The summed E-state index contributed by atoms with van der Waals surface area (Å²) in [4.78, 5) is 29.6. The summed E-state index contributed by atoms with van der Waals surface area (Å²) in [6.07, 6.45) is 13.0. The van der Waals surface area contributed by atoms with Gasteiger partial charge in [0, 0.05) is 50.6 Å². The van der Waals surface area contributed by atoms with Crippen LogP contribution in [0.3, 0.4) is 0 Å². The van der Waals surface area contributed by atoms with Gasteiger partial charge in [-0.05, 0) is 47.8 Å². The average molecular weight is 787 g/mol. The zero-order valence-electron chi connectivity index (χ0n) is 33.1. The monoisotopic (exact) mass is 786 g/mol. The van der Waals surface area contributed by atoms with Crippen LogP contribution in [0.25, 0.3) is 85.1 Å². The van der Waals surface area contributed by atoms with Crippen LogP contribution in [0.15, 0.2) is 198 Å². The van der Waals surface area contributed by atoms with Crippen LogP contribution in [-0.4, -0.2) is 29.9 Å². The fraction of sp³-hybridized carbons (Fsp3) is 0.0741. The molecule has 2 atom stereocenters. The molecule has 0 bridgehead atoms. The Morgan fingerprint density at radius 2 is 0.852 bits per heavy atom. The molecule has 2 aliphatic rings. The van der Waals surface area contributed by atoms with E-state index in [1.54, 1.807) is 0 Å². The summed E-state index contributed by atoms with van der Waals surface area (Å²) in [7, 11) is 0. The quantitative estimate of drug-likeness (QED) is 0.151. The molecule has 9 aromatic rings. The Morgan fingerprint density at radius 3 is 1.34 bits per heavy atom. The number of aromatic nitrogens is 6. The number of hydrogen-bond acceptors (Lipinski definition) is 7. The molecule has 0 fully saturated rings. The minimum absolute atomic E-state index is 0.0467. The van der Waals surface area contributed by atoms with Crippen molar-refractivity contribution in [2.75, 3.05) is 0 Å². The smallest absolute Gasteiger partial charge is 0.164 e. The van der Waals surface area contributed by atoms with Crippen LogP contribution in [0.1, 0.15) is 29.5 Å². The first kappa shape index (κ1) is 36.2. The molecule has 2 unspecified atom stereocenters. The molecule has 61 heavy (non-hydrogen) atoms. The summed E-state index contributed by atoms with van der Waals surface area (Å²) in [5.41, 5.74) is 10.4. The first-order valence-electron chi connectivity index (χ1n) is 20.6. The highest BCUT2D eigenvalue weighted by Crippen LogP contribution is 2.39. The second kappa shape index (κ2) is 15.7. The first-order valence-corrected chi connectivity index (χ1v) is 20.6. The maximum Gasteiger partial charge on any atom is 0.164 e. The molecule has 0 saturated heterocycles. The van der Waals surface area contributed by atoms with Crippen LogP contribution < -0.4 is 0 Å². The van der Waals surface area contributed by atoms with Gasteiger partial charge in [0.1, 0.15) is 17.2 Å². The van der Waals surface area contributed by atoms with Crippen LogP contribution in [0.2, 0.25) is 0 Å². The zero-order chi connectivity index (χ0) is 40.5. The molecule has 2 aliphatic carbocycles. The van der Waals surface area contributed by atoms with E-state index in [1.807, 2.05) is 121 Å². The van der Waals surface area contributed by atoms with Crippen molar-refractivity contribution in [3.8, 4) is 68.1 Å². The molecule has 0 radical (unpaired) electrons. The van der Waals surface area contributed by atoms with Crippen LogP contribution in [-0.2, 0) is 6.42 Å². The fourth-order valence-electron chi connectivity index (χ4n) is 8.26. The van der Waals surface area contributed by atoms with Gasteiger partial charge >= 0.3 is 0 Å². The normalized spacial score (nSPS) is 15.7. The number of fused-ring (bicyclic) bond motifs is 3. The predicted molar refractivity (Wildman–Crippen MR) is 243 cm³/mol. The van der Waals surface area contributed by atoms with E-state index in [-0.39, 0.29) is 11.8 Å². The molecular weight excluding hydrogens is 749 g/mol. The van der Waals surface area contributed by atoms with Crippen molar-refractivity contribution in [2.24, 2.45) is 5.92 Å². The number of rotatable bonds is 8. The average Bonchev–Trinajstić information content (AvgIpc) is 3.72. The molecular formula is C54H38N6O. The second-order valence-electron chi connectivity index (χ2n) is 15.4. The summed E-state index contributed by atoms with van der Waals surface area (Å²) >= 11 is 0. The van der Waals surface area contributed by atoms with Crippen molar-refractivity contribution in [1.82, 2.24) is 29.9 Å². The van der Waals surface area contributed by atoms with Crippen LogP contribution in [0, 0.1) is 5.92 Å². The SMILES string of the molecule is C1=CC(c2nc(-c3ccccc3)nc(-c3ccccc3)n2)CC=C1C1C=Cc2oc3ccc(-c4ccc(-c5nc(-c6ccccc6)nc(-c6ccccc6)n5)cc4)cc3c2C1. The van der Waals surface area contributed by atoms with Crippen LogP contribution >= 0.6 is 0 Å². The van der Waals surface area contributed by atoms with Gasteiger partial charge in [0.25, 0.3) is 0 Å². The third-order valence-electron chi connectivity index (χ3n) is 11.5. The lowest BCUT2D eigenvalue weighted by molar-refractivity contribution is 0.587. The molecule has 0 N–H and O–H groups in total. The summed E-state index contributed by atoms with van der Waals surface area (Å²) in [5, 5.41) is 1.15. The molecule has 290 valence electrons. The first-order chi connectivity index (χ1) is 30.2. The molecule has 0 saturated carbocycles. The van der Waals surface area contributed by atoms with E-state index >= 15 is 0 Å². The van der Waals surface area contributed by atoms with Crippen molar-refractivity contribution in [1.29, 1.82) is 0 Å². The maximum atomic E-state index is 6.39. The zero-order valence-corrected chi connectivity index (χ0v) is 33.1. The van der Waals surface area contributed by atoms with Gasteiger partial charge in [-0.25, -0.2) is 29.9 Å². The third kappa shape index (κ3) is 7.27. The van der Waals surface area contributed by atoms with Crippen molar-refractivity contribution in [2.45, 2.75) is 18.8 Å². The van der Waals surface area contributed by atoms with Crippen molar-refractivity contribution >= 4 is 17.0 Å². The Morgan fingerprint density at radius 1 is 0.410 bits per heavy atom. The largest absolute Gasteiger partial charge is 0.456 e. The molecule has 3 heterocycles. The van der Waals surface area contributed by atoms with Crippen molar-refractivity contribution in [3.05, 3.63) is 211 Å². The van der Waals surface area contributed by atoms with E-state index in [2.05, 4.69) is 72.8 Å². The number of allylic oxidation sites excluding steroid dienone is 5. The number of benzene rings is 6. The maximum absolute atomic E-state index is 6.39. The van der Waals surface area contributed by atoms with E-state index in [0.29, 0.717) is 29.1 Å². The van der Waals surface area contributed by atoms with E-state index in [0.717, 1.165) is 74.3 Å². The highest BCUT2D eigenvalue weighted by Gasteiger charge is 2.25. The van der Waals surface area contributed by atoms with Gasteiger partial charge in [-0.15, -0.1) is 0 Å². The minimum Gasteiger partial charge on any atom is -0.456 e. The molecule has 0 amide bonds. The van der Waals surface area contributed by atoms with Crippen LogP contribution in [0.4, 0.5) is 0 Å². The summed E-state index contributed by atoms with van der Waals surface area (Å²) < 4.78 is 6.39. The second-order valence-corrected chi connectivity index (χ2v) is 15.4. The van der Waals surface area contributed by atoms with Gasteiger partial charge < -0.3 is 4.42 Å². The third-order valence-corrected chi connectivity index (χ3v) is 11.5. The molecule has 0 spiro atoms. The number of nitrogens with zero attached hydrogens (tertiary/aromatic N) is 6. The van der Waals surface area contributed by atoms with E-state index in [4.69, 9.17) is 34.3 Å². The minimum atomic E-state index is 0.0467. The van der Waals surface area contributed by atoms with E-state index in [9.17, 15) is 0 Å². The lowest BCUT2D eigenvalue weighted by atomic mass is 9.82. The molecule has 7 nitrogen and oxygen atoms in total. The molecule has 0 aliphatic heterocycles. The van der Waals surface area contributed by atoms with Crippen molar-refractivity contribution in [3.63, 3.8) is 0 Å². The molecule has 3 aromatic heterocycles. The Kier molecular flexibility index (Phi) is 9.31. The van der Waals surface area contributed by atoms with E-state index in [1.165, 1.54) is 11.1 Å². The summed E-state index contributed by atoms with van der Waals surface area (Å²) in [5.74, 6) is 5.30. The van der Waals surface area contributed by atoms with Gasteiger partial charge in [0.15, 0.2) is 29.1 Å². The Balaban J connectivity index is 0.844. The molecule has 6 aromatic carbocycles. The highest BCUT2D eigenvalue weighted by molar-refractivity contribution is 5.90. The fourth-order valence-corrected chi connectivity index (χ4v) is 8.26. The van der Waals surface area contributed by atoms with Gasteiger partial charge in [0.05, 0.1) is 0 Å². The standard InChI is InChI=1S/C54H38N6O/c1-5-13-37(14-6-1)49-55-50(38-15-7-2-8-16-38)58-53(57-49)41-25-21-35(22-26-41)43-29-31-47-45(33-43)46-34-44(30-32-48(46)61-47)36-23-27-42(28-24-36)54-59-51(39-17-9-3-10-18-39)56-52(60-54)40-19-11-4-12-20-40/h1-27,29-33,42,44H,28,34H2. The Hall–Kier alpha value is -7.90. The molecule has 7 heteroatoms. The summed E-state index contributed by atoms with van der Waals surface area (Å²) in [6, 6.07) is 55.4. The number of furan rings is 1. The van der Waals surface area contributed by atoms with Gasteiger partial charge in [-0.2, -0.15) is 0 Å². The lowest BCUT2D eigenvalue weighted by Gasteiger charge is -2.22. The lowest BCUT2D eigenvalue weighted by Crippen LogP contribution is -2.12. The predicted octanol–water partition coefficient (Wildman–Crippen LogP) is 12.7. The Bertz CT molecular complexity index is 3010. The highest BCUT2D eigenvalue weighted by atomic mass is 16.3. The van der Waals surface area contributed by atoms with E-state index < -0.39 is 0 Å². The van der Waals surface area contributed by atoms with Crippen molar-refractivity contribution < 1.29 is 4.42 Å². The van der Waals surface area contributed by atoms with Crippen LogP contribution in [0.5, 0.6) is 0 Å². The Labute approximate surface area is 353 Å².